The van der Waals surface area contributed by atoms with Crippen LogP contribution in [0, 0.1) is 0 Å². The van der Waals surface area contributed by atoms with Crippen molar-refractivity contribution >= 4 is 27.4 Å². The Kier molecular flexibility index (Phi) is 5.54. The van der Waals surface area contributed by atoms with Crippen molar-refractivity contribution in [3.8, 4) is 0 Å². The Morgan fingerprint density at radius 1 is 1.27 bits per heavy atom. The maximum absolute atomic E-state index is 11.1. The summed E-state index contributed by atoms with van der Waals surface area (Å²) < 4.78 is 0.105. The number of Topliss-reactive ketones (excluding diaryl/α,β-unsaturated/α-hetero) is 1. The van der Waals surface area contributed by atoms with Crippen LogP contribution < -0.4 is 0 Å². The normalized spacial score (nSPS) is 19.1. The van der Waals surface area contributed by atoms with Crippen molar-refractivity contribution < 1.29 is 4.79 Å². The van der Waals surface area contributed by atoms with Crippen molar-refractivity contribution in [3.05, 3.63) is 0 Å². The first kappa shape index (κ1) is 13.4. The van der Waals surface area contributed by atoms with E-state index in [0.717, 1.165) is 5.25 Å². The lowest BCUT2D eigenvalue weighted by Crippen LogP contribution is -2.18. The predicted octanol–water partition coefficient (Wildman–Crippen LogP) is 4.46. The predicted molar refractivity (Wildman–Crippen MR) is 71.4 cm³/mol. The molecule has 0 spiro atoms. The lowest BCUT2D eigenvalue weighted by Gasteiger charge is -2.26. The van der Waals surface area contributed by atoms with Crippen LogP contribution in [0.4, 0.5) is 0 Å². The van der Waals surface area contributed by atoms with E-state index < -0.39 is 0 Å². The summed E-state index contributed by atoms with van der Waals surface area (Å²) in [7, 11) is 3.92. The summed E-state index contributed by atoms with van der Waals surface area (Å²) in [6.45, 7) is 6.04. The molecular weight excluding hydrogens is 224 g/mol. The SMILES string of the molecule is CC(=O)CC(C)(C)SSC1CCCCC1. The molecule has 3 heteroatoms. The van der Waals surface area contributed by atoms with Gasteiger partial charge in [0, 0.05) is 16.4 Å². The first-order valence-corrected chi connectivity index (χ1v) is 8.05. The Hall–Kier alpha value is 0.370. The summed E-state index contributed by atoms with van der Waals surface area (Å²) in [6, 6.07) is 0. The van der Waals surface area contributed by atoms with Gasteiger partial charge in [-0.2, -0.15) is 0 Å². The van der Waals surface area contributed by atoms with E-state index in [9.17, 15) is 4.79 Å². The Morgan fingerprint density at radius 2 is 1.87 bits per heavy atom. The minimum absolute atomic E-state index is 0.105. The van der Waals surface area contributed by atoms with Crippen LogP contribution in [0.25, 0.3) is 0 Å². The van der Waals surface area contributed by atoms with Gasteiger partial charge in [0.1, 0.15) is 5.78 Å². The second-order valence-corrected chi connectivity index (χ2v) is 8.29. The second-order valence-electron chi connectivity index (χ2n) is 5.08. The largest absolute Gasteiger partial charge is 0.300 e. The summed E-state index contributed by atoms with van der Waals surface area (Å²) >= 11 is 0. The van der Waals surface area contributed by atoms with Crippen LogP contribution in [0.1, 0.15) is 59.3 Å². The van der Waals surface area contributed by atoms with Crippen molar-refractivity contribution in [1.82, 2.24) is 0 Å². The maximum Gasteiger partial charge on any atom is 0.131 e. The Labute approximate surface area is 102 Å². The highest BCUT2D eigenvalue weighted by Crippen LogP contribution is 2.44. The molecular formula is C12H22OS2. The summed E-state index contributed by atoms with van der Waals surface area (Å²) in [5, 5.41) is 0.829. The molecule has 1 fully saturated rings. The van der Waals surface area contributed by atoms with E-state index in [1.54, 1.807) is 6.92 Å². The topological polar surface area (TPSA) is 17.1 Å². The van der Waals surface area contributed by atoms with Crippen LogP contribution in [0.2, 0.25) is 0 Å². The Morgan fingerprint density at radius 3 is 2.40 bits per heavy atom. The molecule has 0 saturated heterocycles. The minimum Gasteiger partial charge on any atom is -0.300 e. The van der Waals surface area contributed by atoms with Gasteiger partial charge in [-0.3, -0.25) is 4.79 Å². The van der Waals surface area contributed by atoms with Gasteiger partial charge in [-0.1, -0.05) is 40.9 Å². The highest BCUT2D eigenvalue weighted by Gasteiger charge is 2.24. The molecule has 1 aliphatic carbocycles. The quantitative estimate of drug-likeness (QED) is 0.667. The molecule has 1 rings (SSSR count). The van der Waals surface area contributed by atoms with Crippen LogP contribution in [0.3, 0.4) is 0 Å². The monoisotopic (exact) mass is 246 g/mol. The molecule has 1 nitrogen and oxygen atoms in total. The Balaban J connectivity index is 2.24. The lowest BCUT2D eigenvalue weighted by atomic mass is 10.0. The van der Waals surface area contributed by atoms with Crippen molar-refractivity contribution in [2.45, 2.75) is 69.3 Å². The van der Waals surface area contributed by atoms with Gasteiger partial charge in [0.2, 0.25) is 0 Å². The van der Waals surface area contributed by atoms with E-state index in [1.807, 2.05) is 21.6 Å². The molecule has 0 aliphatic heterocycles. The molecule has 0 N–H and O–H groups in total. The highest BCUT2D eigenvalue weighted by molar-refractivity contribution is 8.77. The average Bonchev–Trinajstić information content (AvgIpc) is 2.15. The van der Waals surface area contributed by atoms with E-state index in [4.69, 9.17) is 0 Å². The first-order valence-electron chi connectivity index (χ1n) is 5.83. The molecule has 88 valence electrons. The molecule has 1 aliphatic rings. The summed E-state index contributed by atoms with van der Waals surface area (Å²) in [6.07, 6.45) is 7.63. The van der Waals surface area contributed by atoms with Crippen molar-refractivity contribution in [1.29, 1.82) is 0 Å². The molecule has 1 saturated carbocycles. The van der Waals surface area contributed by atoms with E-state index in [-0.39, 0.29) is 4.75 Å². The van der Waals surface area contributed by atoms with Crippen LogP contribution in [-0.2, 0) is 4.79 Å². The zero-order chi connectivity index (χ0) is 11.3. The van der Waals surface area contributed by atoms with Crippen molar-refractivity contribution in [3.63, 3.8) is 0 Å². The van der Waals surface area contributed by atoms with E-state index in [1.165, 1.54) is 32.1 Å². The van der Waals surface area contributed by atoms with Gasteiger partial charge in [-0.05, 0) is 33.6 Å². The lowest BCUT2D eigenvalue weighted by molar-refractivity contribution is -0.117. The number of hydrogen-bond acceptors (Lipinski definition) is 3. The van der Waals surface area contributed by atoms with Gasteiger partial charge in [-0.25, -0.2) is 0 Å². The zero-order valence-corrected chi connectivity index (χ0v) is 11.7. The van der Waals surface area contributed by atoms with Crippen LogP contribution in [0.15, 0.2) is 0 Å². The third-order valence-electron chi connectivity index (χ3n) is 2.64. The average molecular weight is 246 g/mol. The molecule has 0 heterocycles. The minimum atomic E-state index is 0.105. The van der Waals surface area contributed by atoms with E-state index in [0.29, 0.717) is 12.2 Å². The molecule has 0 atom stereocenters. The fraction of sp³-hybridized carbons (Fsp3) is 0.917. The molecule has 0 bridgehead atoms. The summed E-state index contributed by atoms with van der Waals surface area (Å²) in [5.74, 6) is 0.303. The van der Waals surface area contributed by atoms with Crippen molar-refractivity contribution in [2.75, 3.05) is 0 Å². The van der Waals surface area contributed by atoms with Gasteiger partial charge in [0.15, 0.2) is 0 Å². The van der Waals surface area contributed by atoms with E-state index in [2.05, 4.69) is 13.8 Å². The third kappa shape index (κ3) is 5.86. The van der Waals surface area contributed by atoms with Gasteiger partial charge < -0.3 is 0 Å². The fourth-order valence-electron chi connectivity index (χ4n) is 1.99. The molecule has 0 amide bonds. The molecule has 0 unspecified atom stereocenters. The highest BCUT2D eigenvalue weighted by atomic mass is 33.1. The van der Waals surface area contributed by atoms with Gasteiger partial charge in [0.05, 0.1) is 0 Å². The van der Waals surface area contributed by atoms with Gasteiger partial charge in [-0.15, -0.1) is 0 Å². The number of rotatable bonds is 5. The number of ketones is 1. The molecule has 0 aromatic heterocycles. The summed E-state index contributed by atoms with van der Waals surface area (Å²) in [5.41, 5.74) is 0. The molecule has 0 radical (unpaired) electrons. The van der Waals surface area contributed by atoms with Crippen LogP contribution in [-0.4, -0.2) is 15.8 Å². The molecule has 15 heavy (non-hydrogen) atoms. The third-order valence-corrected chi connectivity index (χ3v) is 6.53. The second kappa shape index (κ2) is 6.19. The molecule has 0 aromatic carbocycles. The standard InChI is InChI=1S/C12H22OS2/c1-10(13)9-12(2,3)15-14-11-7-5-4-6-8-11/h11H,4-9H2,1-3H3. The molecule has 0 aromatic rings. The fourth-order valence-corrected chi connectivity index (χ4v) is 5.12. The number of hydrogen-bond donors (Lipinski definition) is 0. The zero-order valence-electron chi connectivity index (χ0n) is 10.0. The smallest absolute Gasteiger partial charge is 0.131 e. The van der Waals surface area contributed by atoms with Crippen LogP contribution >= 0.6 is 21.6 Å². The maximum atomic E-state index is 11.1. The number of carbonyl (C=O) groups is 1. The van der Waals surface area contributed by atoms with Gasteiger partial charge >= 0.3 is 0 Å². The Bertz CT molecular complexity index is 208. The van der Waals surface area contributed by atoms with Gasteiger partial charge in [0.25, 0.3) is 0 Å². The van der Waals surface area contributed by atoms with Crippen molar-refractivity contribution in [2.24, 2.45) is 0 Å². The number of carbonyl (C=O) groups excluding carboxylic acids is 1. The summed E-state index contributed by atoms with van der Waals surface area (Å²) in [4.78, 5) is 11.1. The van der Waals surface area contributed by atoms with Crippen LogP contribution in [0.5, 0.6) is 0 Å². The van der Waals surface area contributed by atoms with E-state index >= 15 is 0 Å². The first-order chi connectivity index (χ1) is 6.99.